The van der Waals surface area contributed by atoms with Gasteiger partial charge in [0.15, 0.2) is 0 Å². The largest absolute Gasteiger partial charge is 1.00 e. The maximum absolute atomic E-state index is 0. The predicted octanol–water partition coefficient (Wildman–Crippen LogP) is 1.34. The molecule has 0 radical (unpaired) electrons. The first-order valence-electron chi connectivity index (χ1n) is 0. The van der Waals surface area contributed by atoms with E-state index in [1.54, 1.807) is 0 Å². The van der Waals surface area contributed by atoms with Crippen LogP contribution >= 0.6 is 0 Å². The Labute approximate surface area is 73.3 Å². The first kappa shape index (κ1) is 134. The van der Waals surface area contributed by atoms with E-state index < -0.39 is 0 Å². The van der Waals surface area contributed by atoms with Gasteiger partial charge in [0.2, 0.25) is 0 Å². The Balaban J connectivity index is 0. The van der Waals surface area contributed by atoms with Crippen LogP contribution in [-0.4, -0.2) is 0 Å². The van der Waals surface area contributed by atoms with Gasteiger partial charge in [-0.1, -0.05) is 0 Å². The molecule has 0 nitrogen and oxygen atoms in total. The maximum Gasteiger partial charge on any atom is 1.00 e. The molecule has 0 aromatic carbocycles. The van der Waals surface area contributed by atoms with Crippen molar-refractivity contribution in [3.05, 3.63) is 22.3 Å². The fourth-order valence-corrected chi connectivity index (χ4v) is 0. The van der Waals surface area contributed by atoms with Crippen molar-refractivity contribution in [2.45, 2.75) is 0 Å². The Morgan fingerprint density at radius 3 is 0.333 bits per heavy atom. The molecule has 6 heavy (non-hydrogen) atoms. The molecule has 0 spiro atoms. The minimum Gasteiger partial charge on any atom is -0.358 e. The van der Waals surface area contributed by atoms with E-state index in [1.807, 2.05) is 0 Å². The van der Waals surface area contributed by atoms with Gasteiger partial charge in [-0.05, 0) is 0 Å². The molecule has 0 aliphatic rings. The van der Waals surface area contributed by atoms with Gasteiger partial charge >= 0.3 is 51.2 Å². The molecule has 0 fully saturated rings. The Kier molecular flexibility index (Phi) is 1860. The number of hydrogen-bond acceptors (Lipinski definition) is 0. The Hall–Kier alpha value is 1.56. The average molecular weight is 236 g/mol. The van der Waals surface area contributed by atoms with Crippen molar-refractivity contribution in [1.82, 2.24) is 0 Å². The van der Waals surface area contributed by atoms with Crippen molar-refractivity contribution in [2.75, 3.05) is 0 Å². The Bertz CT molecular complexity index is 6.00. The van der Waals surface area contributed by atoms with Crippen molar-refractivity contribution < 1.29 is 51.2 Å². The molecule has 3 heteroatoms. The van der Waals surface area contributed by atoms with E-state index in [0.717, 1.165) is 0 Å². The van der Waals surface area contributed by atoms with Crippen molar-refractivity contribution >= 4 is 0 Å². The van der Waals surface area contributed by atoms with Gasteiger partial charge in [0.25, 0.3) is 0 Å². The van der Waals surface area contributed by atoms with Gasteiger partial charge in [-0.3, -0.25) is 0 Å². The predicted molar refractivity (Wildman–Crippen MR) is 19.2 cm³/mol. The third-order valence-corrected chi connectivity index (χ3v) is 0. The first-order valence-corrected chi connectivity index (χ1v) is 0. The van der Waals surface area contributed by atoms with Crippen LogP contribution in [-0.2, 0) is 51.2 Å². The number of hydrogen-bond donors (Lipinski definition) is 0. The van der Waals surface area contributed by atoms with Gasteiger partial charge in [0.05, 0.1) is 0 Å². The monoisotopic (exact) mass is 234 g/mol. The summed E-state index contributed by atoms with van der Waals surface area (Å²) in [6.45, 7) is 0. The summed E-state index contributed by atoms with van der Waals surface area (Å²) in [5, 5.41) is 0. The molecule has 0 aromatic heterocycles. The zero-order valence-corrected chi connectivity index (χ0v) is 6.73. The summed E-state index contributed by atoms with van der Waals surface area (Å²) in [4.78, 5) is 0. The van der Waals surface area contributed by atoms with Crippen molar-refractivity contribution in [3.8, 4) is 0 Å². The van der Waals surface area contributed by atoms with Crippen LogP contribution in [0.3, 0.4) is 0 Å². The minimum absolute atomic E-state index is 0. The van der Waals surface area contributed by atoms with Gasteiger partial charge in [-0.2, -0.15) is 0 Å². The van der Waals surface area contributed by atoms with Crippen molar-refractivity contribution in [1.29, 1.82) is 0 Å². The molecule has 0 saturated carbocycles. The average Bonchev–Trinajstić information content (AvgIpc) is 0. The topological polar surface area (TPSA) is 0 Å². The molecule has 0 aliphatic heterocycles. The van der Waals surface area contributed by atoms with Crippen LogP contribution in [0.5, 0.6) is 0 Å². The van der Waals surface area contributed by atoms with Gasteiger partial charge < -0.3 is 22.3 Å². The van der Waals surface area contributed by atoms with Gasteiger partial charge in [-0.15, -0.1) is 0 Å². The van der Waals surface area contributed by atoms with Crippen LogP contribution in [0.1, 0.15) is 0 Å². The van der Waals surface area contributed by atoms with E-state index in [-0.39, 0.29) is 73.5 Å². The van der Waals surface area contributed by atoms with Crippen LogP contribution in [0.15, 0.2) is 0 Å². The molecule has 0 N–H and O–H groups in total. The van der Waals surface area contributed by atoms with E-state index in [4.69, 9.17) is 0 Å². The third kappa shape index (κ3) is 47.6. The molecule has 0 bridgehead atoms. The van der Waals surface area contributed by atoms with E-state index in [1.165, 1.54) is 0 Å². The Morgan fingerprint density at radius 1 is 0.333 bits per heavy atom. The molecule has 0 aromatic rings. The van der Waals surface area contributed by atoms with Crippen LogP contribution in [0.25, 0.3) is 0 Å². The molecular weight excluding hydrogens is 227 g/mol. The maximum atomic E-state index is 0. The summed E-state index contributed by atoms with van der Waals surface area (Å²) in [7, 11) is 0. The van der Waals surface area contributed by atoms with E-state index in [9.17, 15) is 0 Å². The summed E-state index contributed by atoms with van der Waals surface area (Å²) in [5.41, 5.74) is 0. The zero-order chi connectivity index (χ0) is 0. The Morgan fingerprint density at radius 2 is 0.333 bits per heavy atom. The van der Waals surface area contributed by atoms with Gasteiger partial charge in [0.1, 0.15) is 0 Å². The summed E-state index contributed by atoms with van der Waals surface area (Å²) in [6, 6.07) is 0. The normalized spacial score (nSPS) is 0. The van der Waals surface area contributed by atoms with Crippen molar-refractivity contribution in [2.24, 2.45) is 0 Å². The second-order valence-corrected chi connectivity index (χ2v) is 0. The molecular formula is C3H9Cu3. The standard InChI is InChI=1S/3CH3.3Cu/h3*1H3;;;/q3*-1;3*+1. The molecule has 0 rings (SSSR count). The van der Waals surface area contributed by atoms with Crippen molar-refractivity contribution in [3.63, 3.8) is 0 Å². The van der Waals surface area contributed by atoms with Crippen LogP contribution < -0.4 is 0 Å². The van der Waals surface area contributed by atoms with E-state index in [0.29, 0.717) is 0 Å². The second-order valence-electron chi connectivity index (χ2n) is 0. The fraction of sp³-hybridized carbons (Fsp3) is 0. The molecule has 0 heterocycles. The smallest absolute Gasteiger partial charge is 0.358 e. The molecule has 0 amide bonds. The summed E-state index contributed by atoms with van der Waals surface area (Å²) in [6.07, 6.45) is 0. The van der Waals surface area contributed by atoms with Crippen LogP contribution in [0, 0.1) is 22.3 Å². The van der Waals surface area contributed by atoms with Crippen LogP contribution in [0.2, 0.25) is 0 Å². The first-order chi connectivity index (χ1) is 0. The SMILES string of the molecule is [CH3-].[CH3-].[CH3-].[Cu+].[Cu+].[Cu+]. The zero-order valence-electron chi connectivity index (χ0n) is 3.90. The number of rotatable bonds is 0. The minimum atomic E-state index is 0. The van der Waals surface area contributed by atoms with E-state index in [2.05, 4.69) is 0 Å². The molecule has 54 valence electrons. The van der Waals surface area contributed by atoms with Crippen LogP contribution in [0.4, 0.5) is 0 Å². The fourth-order valence-electron chi connectivity index (χ4n) is 0. The molecule has 0 atom stereocenters. The van der Waals surface area contributed by atoms with Gasteiger partial charge in [0, 0.05) is 0 Å². The van der Waals surface area contributed by atoms with Gasteiger partial charge in [-0.25, -0.2) is 0 Å². The quantitative estimate of drug-likeness (QED) is 0.439. The summed E-state index contributed by atoms with van der Waals surface area (Å²) in [5.74, 6) is 0. The summed E-state index contributed by atoms with van der Waals surface area (Å²) < 4.78 is 0. The van der Waals surface area contributed by atoms with E-state index >= 15 is 0 Å². The third-order valence-electron chi connectivity index (χ3n) is 0. The second kappa shape index (κ2) is 83.4. The molecule has 0 saturated heterocycles. The summed E-state index contributed by atoms with van der Waals surface area (Å²) >= 11 is 0. The molecule has 0 aliphatic carbocycles. The molecule has 0 unspecified atom stereocenters.